The standard InChI is InChI=1S/C23H33N3O/c1-23(2)20(25-16-10-5-11-17-25)21(24-18-12-6-3-7-13-18)26(22(23)27)19-14-8-4-9-15-19/h4,8-9,14-15,18,20H,3,5-7,10-13,16-17H2,1-2H3/t20-/m1/s1. The van der Waals surface area contributed by atoms with E-state index in [4.69, 9.17) is 4.99 Å². The maximum Gasteiger partial charge on any atom is 0.240 e. The van der Waals surface area contributed by atoms with E-state index in [9.17, 15) is 4.79 Å². The van der Waals surface area contributed by atoms with Crippen LogP contribution < -0.4 is 4.90 Å². The molecular weight excluding hydrogens is 334 g/mol. The maximum atomic E-state index is 13.6. The summed E-state index contributed by atoms with van der Waals surface area (Å²) in [5.41, 5.74) is 0.519. The van der Waals surface area contributed by atoms with Crippen molar-refractivity contribution in [3.05, 3.63) is 30.3 Å². The van der Waals surface area contributed by atoms with Crippen molar-refractivity contribution in [2.75, 3.05) is 18.0 Å². The van der Waals surface area contributed by atoms with Crippen LogP contribution in [0, 0.1) is 5.41 Å². The molecule has 146 valence electrons. The van der Waals surface area contributed by atoms with E-state index in [1.54, 1.807) is 0 Å². The van der Waals surface area contributed by atoms with E-state index < -0.39 is 5.41 Å². The lowest BCUT2D eigenvalue weighted by atomic mass is 9.84. The number of rotatable bonds is 3. The third-order valence-corrected chi connectivity index (χ3v) is 6.57. The maximum absolute atomic E-state index is 13.6. The summed E-state index contributed by atoms with van der Waals surface area (Å²) in [7, 11) is 0. The molecule has 2 aliphatic heterocycles. The van der Waals surface area contributed by atoms with Gasteiger partial charge in [-0.05, 0) is 64.8 Å². The van der Waals surface area contributed by atoms with Crippen molar-refractivity contribution in [1.29, 1.82) is 0 Å². The molecule has 3 aliphatic rings. The summed E-state index contributed by atoms with van der Waals surface area (Å²) in [5.74, 6) is 1.20. The molecule has 1 aliphatic carbocycles. The van der Waals surface area contributed by atoms with Gasteiger partial charge >= 0.3 is 0 Å². The van der Waals surface area contributed by atoms with Crippen LogP contribution in [-0.4, -0.2) is 41.8 Å². The monoisotopic (exact) mass is 367 g/mol. The lowest BCUT2D eigenvalue weighted by Gasteiger charge is -2.38. The summed E-state index contributed by atoms with van der Waals surface area (Å²) >= 11 is 0. The average Bonchev–Trinajstić information content (AvgIpc) is 2.89. The van der Waals surface area contributed by atoms with E-state index in [1.807, 2.05) is 35.2 Å². The van der Waals surface area contributed by atoms with Crippen LogP contribution in [0.15, 0.2) is 35.3 Å². The zero-order chi connectivity index (χ0) is 18.9. The first-order valence-corrected chi connectivity index (χ1v) is 10.8. The second-order valence-electron chi connectivity index (χ2n) is 8.98. The largest absolute Gasteiger partial charge is 0.293 e. The van der Waals surface area contributed by atoms with E-state index in [2.05, 4.69) is 18.7 Å². The molecule has 1 aromatic carbocycles. The number of hydrogen-bond donors (Lipinski definition) is 0. The first kappa shape index (κ1) is 18.7. The first-order chi connectivity index (χ1) is 13.1. The van der Waals surface area contributed by atoms with Crippen molar-refractivity contribution in [2.24, 2.45) is 10.4 Å². The Morgan fingerprint density at radius 2 is 1.56 bits per heavy atom. The summed E-state index contributed by atoms with van der Waals surface area (Å²) in [6.07, 6.45) is 9.92. The van der Waals surface area contributed by atoms with Crippen molar-refractivity contribution in [2.45, 2.75) is 77.3 Å². The molecule has 1 atom stereocenters. The Hall–Kier alpha value is -1.68. The lowest BCUT2D eigenvalue weighted by molar-refractivity contribution is -0.125. The molecule has 0 spiro atoms. The smallest absolute Gasteiger partial charge is 0.240 e. The zero-order valence-corrected chi connectivity index (χ0v) is 16.9. The number of likely N-dealkylation sites (tertiary alicyclic amines) is 1. The van der Waals surface area contributed by atoms with Crippen molar-refractivity contribution < 1.29 is 4.79 Å². The van der Waals surface area contributed by atoms with E-state index in [0.29, 0.717) is 6.04 Å². The van der Waals surface area contributed by atoms with Gasteiger partial charge in [-0.2, -0.15) is 0 Å². The predicted octanol–water partition coefficient (Wildman–Crippen LogP) is 4.65. The minimum absolute atomic E-state index is 0.0902. The number of amidine groups is 1. The summed E-state index contributed by atoms with van der Waals surface area (Å²) in [6.45, 7) is 6.39. The van der Waals surface area contributed by atoms with Gasteiger partial charge in [-0.1, -0.05) is 43.9 Å². The van der Waals surface area contributed by atoms with E-state index in [0.717, 1.165) is 37.5 Å². The van der Waals surface area contributed by atoms with Gasteiger partial charge in [0.15, 0.2) is 0 Å². The zero-order valence-electron chi connectivity index (χ0n) is 16.9. The number of piperidine rings is 1. The molecule has 4 heteroatoms. The van der Waals surface area contributed by atoms with Gasteiger partial charge in [0.1, 0.15) is 5.84 Å². The SMILES string of the molecule is CC1(C)C(=O)N(c2ccccc2)C(=NC2CCCCC2)[C@H]1N1CCCCC1. The molecule has 1 saturated carbocycles. The van der Waals surface area contributed by atoms with Gasteiger partial charge < -0.3 is 0 Å². The molecule has 4 nitrogen and oxygen atoms in total. The minimum atomic E-state index is -0.444. The summed E-state index contributed by atoms with van der Waals surface area (Å²) in [4.78, 5) is 23.3. The molecule has 0 radical (unpaired) electrons. The van der Waals surface area contributed by atoms with Gasteiger partial charge in [-0.3, -0.25) is 19.6 Å². The fourth-order valence-corrected chi connectivity index (χ4v) is 5.10. The molecule has 2 saturated heterocycles. The second kappa shape index (κ2) is 7.75. The highest BCUT2D eigenvalue weighted by molar-refractivity contribution is 6.27. The number of carbonyl (C=O) groups excluding carboxylic acids is 1. The topological polar surface area (TPSA) is 35.9 Å². The number of carbonyl (C=O) groups is 1. The number of para-hydroxylation sites is 1. The van der Waals surface area contributed by atoms with E-state index >= 15 is 0 Å². The van der Waals surface area contributed by atoms with Crippen LogP contribution in [0.4, 0.5) is 5.69 Å². The Balaban J connectivity index is 1.76. The number of hydrogen-bond acceptors (Lipinski definition) is 3. The Labute approximate surface area is 163 Å². The van der Waals surface area contributed by atoms with Gasteiger partial charge in [-0.15, -0.1) is 0 Å². The lowest BCUT2D eigenvalue weighted by Crippen LogP contribution is -2.50. The van der Waals surface area contributed by atoms with Crippen molar-refractivity contribution in [3.63, 3.8) is 0 Å². The van der Waals surface area contributed by atoms with Gasteiger partial charge in [0.05, 0.1) is 23.2 Å². The molecule has 0 bridgehead atoms. The average molecular weight is 368 g/mol. The van der Waals surface area contributed by atoms with E-state index in [1.165, 1.54) is 38.5 Å². The Morgan fingerprint density at radius 1 is 0.926 bits per heavy atom. The van der Waals surface area contributed by atoms with Crippen LogP contribution in [0.1, 0.15) is 65.2 Å². The van der Waals surface area contributed by atoms with Crippen LogP contribution in [0.2, 0.25) is 0 Å². The third-order valence-electron chi connectivity index (χ3n) is 6.57. The van der Waals surface area contributed by atoms with Crippen LogP contribution in [0.5, 0.6) is 0 Å². The minimum Gasteiger partial charge on any atom is -0.293 e. The van der Waals surface area contributed by atoms with Gasteiger partial charge in [0, 0.05) is 0 Å². The Morgan fingerprint density at radius 3 is 2.22 bits per heavy atom. The molecular formula is C23H33N3O. The number of benzene rings is 1. The Bertz CT molecular complexity index is 685. The van der Waals surface area contributed by atoms with Gasteiger partial charge in [0.25, 0.3) is 0 Å². The molecule has 2 heterocycles. The van der Waals surface area contributed by atoms with E-state index in [-0.39, 0.29) is 11.9 Å². The molecule has 4 rings (SSSR count). The molecule has 1 aromatic rings. The van der Waals surface area contributed by atoms with Gasteiger partial charge in [-0.25, -0.2) is 0 Å². The molecule has 27 heavy (non-hydrogen) atoms. The van der Waals surface area contributed by atoms with Crippen molar-refractivity contribution >= 4 is 17.4 Å². The van der Waals surface area contributed by atoms with Crippen LogP contribution >= 0.6 is 0 Å². The first-order valence-electron chi connectivity index (χ1n) is 10.8. The summed E-state index contributed by atoms with van der Waals surface area (Å²) < 4.78 is 0. The highest BCUT2D eigenvalue weighted by Gasteiger charge is 2.55. The highest BCUT2D eigenvalue weighted by atomic mass is 16.2. The number of nitrogens with zero attached hydrogens (tertiary/aromatic N) is 3. The highest BCUT2D eigenvalue weighted by Crippen LogP contribution is 2.40. The molecule has 0 aromatic heterocycles. The summed E-state index contributed by atoms with van der Waals surface area (Å²) in [6, 6.07) is 10.6. The number of anilines is 1. The van der Waals surface area contributed by atoms with Crippen LogP contribution in [-0.2, 0) is 4.79 Å². The summed E-state index contributed by atoms with van der Waals surface area (Å²) in [5, 5.41) is 0. The van der Waals surface area contributed by atoms with Crippen molar-refractivity contribution in [1.82, 2.24) is 4.90 Å². The molecule has 0 unspecified atom stereocenters. The molecule has 1 amide bonds. The fourth-order valence-electron chi connectivity index (χ4n) is 5.10. The molecule has 0 N–H and O–H groups in total. The van der Waals surface area contributed by atoms with Gasteiger partial charge in [0.2, 0.25) is 5.91 Å². The Kier molecular flexibility index (Phi) is 5.36. The number of aliphatic imine (C=N–C) groups is 1. The predicted molar refractivity (Wildman–Crippen MR) is 111 cm³/mol. The normalized spacial score (nSPS) is 28.8. The quantitative estimate of drug-likeness (QED) is 0.780. The second-order valence-corrected chi connectivity index (χ2v) is 8.98. The third kappa shape index (κ3) is 3.56. The van der Waals surface area contributed by atoms with Crippen molar-refractivity contribution in [3.8, 4) is 0 Å². The van der Waals surface area contributed by atoms with Crippen LogP contribution in [0.25, 0.3) is 0 Å². The fraction of sp³-hybridized carbons (Fsp3) is 0.652. The number of amides is 1. The van der Waals surface area contributed by atoms with Crippen LogP contribution in [0.3, 0.4) is 0 Å². The molecule has 3 fully saturated rings.